The summed E-state index contributed by atoms with van der Waals surface area (Å²) in [7, 11) is 0. The Morgan fingerprint density at radius 2 is 2.27 bits per heavy atom. The summed E-state index contributed by atoms with van der Waals surface area (Å²) < 4.78 is 0.881. The lowest BCUT2D eigenvalue weighted by atomic mass is 10.1. The van der Waals surface area contributed by atoms with Gasteiger partial charge in [0.25, 0.3) is 0 Å². The summed E-state index contributed by atoms with van der Waals surface area (Å²) in [6, 6.07) is 0. The molecule has 1 atom stereocenters. The van der Waals surface area contributed by atoms with Gasteiger partial charge in [-0.3, -0.25) is 4.79 Å². The molecule has 0 aliphatic carbocycles. The third-order valence-electron chi connectivity index (χ3n) is 1.72. The first kappa shape index (κ1) is 12.7. The van der Waals surface area contributed by atoms with E-state index in [0.717, 1.165) is 8.60 Å². The molecule has 1 rings (SSSR count). The number of aromatic nitrogens is 2. The Labute approximate surface area is 106 Å². The summed E-state index contributed by atoms with van der Waals surface area (Å²) in [5, 5.41) is 9.29. The van der Waals surface area contributed by atoms with Gasteiger partial charge in [-0.1, -0.05) is 25.6 Å². The van der Waals surface area contributed by atoms with E-state index in [9.17, 15) is 4.79 Å². The highest BCUT2D eigenvalue weighted by Gasteiger charge is 2.24. The molecule has 0 fully saturated rings. The molecular formula is C9H11IN2O2S. The zero-order valence-corrected chi connectivity index (χ0v) is 11.3. The maximum absolute atomic E-state index is 11.0. The molecule has 1 N–H and O–H groups in total. The zero-order chi connectivity index (χ0) is 11.4. The Hall–Kier alpha value is -0.370. The second-order valence-electron chi connectivity index (χ2n) is 3.30. The normalized spacial score (nSPS) is 12.8. The quantitative estimate of drug-likeness (QED) is 0.518. The number of halogens is 1. The van der Waals surface area contributed by atoms with Crippen molar-refractivity contribution in [3.63, 3.8) is 0 Å². The van der Waals surface area contributed by atoms with Gasteiger partial charge in [0.2, 0.25) is 0 Å². The van der Waals surface area contributed by atoms with Crippen molar-refractivity contribution >= 4 is 40.3 Å². The molecule has 0 aromatic carbocycles. The molecule has 82 valence electrons. The third-order valence-corrected chi connectivity index (χ3v) is 4.43. The number of carboxylic acid groups (broad SMARTS) is 1. The third kappa shape index (κ3) is 3.60. The molecule has 1 aromatic heterocycles. The molecule has 1 heterocycles. The molecule has 1 unspecified atom stereocenters. The first-order valence-electron chi connectivity index (χ1n) is 4.37. The van der Waals surface area contributed by atoms with Crippen LogP contribution in [0.15, 0.2) is 17.6 Å². The molecule has 0 saturated carbocycles. The lowest BCUT2D eigenvalue weighted by Gasteiger charge is -2.15. The molecule has 0 aliphatic heterocycles. The Kier molecular flexibility index (Phi) is 4.78. The smallest absolute Gasteiger partial charge is 0.317 e. The number of carboxylic acids is 1. The molecule has 4 nitrogen and oxygen atoms in total. The molecule has 0 radical (unpaired) electrons. The summed E-state index contributed by atoms with van der Waals surface area (Å²) in [6.07, 6.45) is 3.11. The summed E-state index contributed by atoms with van der Waals surface area (Å²) in [5.41, 5.74) is 0. The van der Waals surface area contributed by atoms with Crippen LogP contribution in [0.2, 0.25) is 0 Å². The number of hydrogen-bond donors (Lipinski definition) is 1. The Morgan fingerprint density at radius 3 is 2.73 bits per heavy atom. The highest BCUT2D eigenvalue weighted by atomic mass is 127. The monoisotopic (exact) mass is 338 g/mol. The molecule has 0 bridgehead atoms. The van der Waals surface area contributed by atoms with Gasteiger partial charge in [-0.05, 0) is 28.5 Å². The van der Waals surface area contributed by atoms with E-state index in [0.29, 0.717) is 0 Å². The molecule has 0 amide bonds. The van der Waals surface area contributed by atoms with E-state index >= 15 is 0 Å². The summed E-state index contributed by atoms with van der Waals surface area (Å²) in [5.74, 6) is -0.734. The minimum atomic E-state index is -0.801. The van der Waals surface area contributed by atoms with Crippen molar-refractivity contribution in [2.24, 2.45) is 5.92 Å². The Morgan fingerprint density at radius 1 is 1.60 bits per heavy atom. The van der Waals surface area contributed by atoms with Crippen molar-refractivity contribution < 1.29 is 9.90 Å². The van der Waals surface area contributed by atoms with Gasteiger partial charge in [0, 0.05) is 6.20 Å². The first-order valence-corrected chi connectivity index (χ1v) is 6.33. The zero-order valence-electron chi connectivity index (χ0n) is 8.35. The van der Waals surface area contributed by atoms with Gasteiger partial charge in [-0.2, -0.15) is 0 Å². The number of carbonyl (C=O) groups is 1. The van der Waals surface area contributed by atoms with E-state index in [1.807, 2.05) is 13.8 Å². The minimum Gasteiger partial charge on any atom is -0.480 e. The number of hydrogen-bond acceptors (Lipinski definition) is 4. The predicted molar refractivity (Wildman–Crippen MR) is 66.9 cm³/mol. The number of rotatable bonds is 4. The maximum atomic E-state index is 11.0. The fourth-order valence-electron chi connectivity index (χ4n) is 0.980. The lowest BCUT2D eigenvalue weighted by Crippen LogP contribution is -2.22. The van der Waals surface area contributed by atoms with Gasteiger partial charge in [0.1, 0.15) is 16.6 Å². The second-order valence-corrected chi connectivity index (χ2v) is 5.59. The SMILES string of the molecule is CC(C)C(Sc1ncncc1I)C(=O)O. The number of aliphatic carboxylic acids is 1. The van der Waals surface area contributed by atoms with Gasteiger partial charge in [-0.15, -0.1) is 0 Å². The van der Waals surface area contributed by atoms with Crippen molar-refractivity contribution in [2.45, 2.75) is 24.1 Å². The van der Waals surface area contributed by atoms with Gasteiger partial charge in [-0.25, -0.2) is 9.97 Å². The average Bonchev–Trinajstić information content (AvgIpc) is 2.15. The Balaban J connectivity index is 2.84. The fourth-order valence-corrected chi connectivity index (χ4v) is 2.55. The van der Waals surface area contributed by atoms with Gasteiger partial charge < -0.3 is 5.11 Å². The molecule has 15 heavy (non-hydrogen) atoms. The van der Waals surface area contributed by atoms with E-state index in [4.69, 9.17) is 5.11 Å². The van der Waals surface area contributed by atoms with Crippen molar-refractivity contribution in [2.75, 3.05) is 0 Å². The molecule has 0 spiro atoms. The van der Waals surface area contributed by atoms with Crippen LogP contribution in [0.3, 0.4) is 0 Å². The van der Waals surface area contributed by atoms with Crippen LogP contribution < -0.4 is 0 Å². The molecule has 0 aliphatic rings. The van der Waals surface area contributed by atoms with Crippen LogP contribution in [0.25, 0.3) is 0 Å². The minimum absolute atomic E-state index is 0.0678. The van der Waals surface area contributed by atoms with Crippen LogP contribution in [0.1, 0.15) is 13.8 Å². The molecule has 1 aromatic rings. The summed E-state index contributed by atoms with van der Waals surface area (Å²) >= 11 is 3.38. The van der Waals surface area contributed by atoms with Crippen LogP contribution in [0.5, 0.6) is 0 Å². The van der Waals surface area contributed by atoms with Crippen LogP contribution >= 0.6 is 34.4 Å². The van der Waals surface area contributed by atoms with Gasteiger partial charge in [0.15, 0.2) is 0 Å². The van der Waals surface area contributed by atoms with Gasteiger partial charge in [0.05, 0.1) is 3.57 Å². The second kappa shape index (κ2) is 5.64. The maximum Gasteiger partial charge on any atom is 0.317 e. The van der Waals surface area contributed by atoms with E-state index in [2.05, 4.69) is 32.6 Å². The summed E-state index contributed by atoms with van der Waals surface area (Å²) in [6.45, 7) is 3.78. The molecule has 6 heteroatoms. The van der Waals surface area contributed by atoms with Crippen molar-refractivity contribution in [1.82, 2.24) is 9.97 Å². The van der Waals surface area contributed by atoms with Crippen LogP contribution in [0, 0.1) is 9.49 Å². The van der Waals surface area contributed by atoms with Crippen molar-refractivity contribution in [1.29, 1.82) is 0 Å². The van der Waals surface area contributed by atoms with Crippen molar-refractivity contribution in [3.05, 3.63) is 16.1 Å². The topological polar surface area (TPSA) is 63.1 Å². The van der Waals surface area contributed by atoms with Crippen LogP contribution in [-0.4, -0.2) is 26.3 Å². The van der Waals surface area contributed by atoms with E-state index < -0.39 is 11.2 Å². The van der Waals surface area contributed by atoms with Crippen LogP contribution in [-0.2, 0) is 4.79 Å². The molecule has 0 saturated heterocycles. The summed E-state index contributed by atoms with van der Waals surface area (Å²) in [4.78, 5) is 18.9. The lowest BCUT2D eigenvalue weighted by molar-refractivity contribution is -0.137. The van der Waals surface area contributed by atoms with E-state index in [1.54, 1.807) is 6.20 Å². The number of nitrogens with zero attached hydrogens (tertiary/aromatic N) is 2. The van der Waals surface area contributed by atoms with E-state index in [-0.39, 0.29) is 5.92 Å². The number of thioether (sulfide) groups is 1. The average molecular weight is 338 g/mol. The first-order chi connectivity index (χ1) is 7.02. The highest BCUT2D eigenvalue weighted by molar-refractivity contribution is 14.1. The molecular weight excluding hydrogens is 327 g/mol. The largest absolute Gasteiger partial charge is 0.480 e. The van der Waals surface area contributed by atoms with E-state index in [1.165, 1.54) is 18.1 Å². The Bertz CT molecular complexity index is 360. The van der Waals surface area contributed by atoms with Crippen molar-refractivity contribution in [3.8, 4) is 0 Å². The fraction of sp³-hybridized carbons (Fsp3) is 0.444. The predicted octanol–water partition coefficient (Wildman–Crippen LogP) is 2.28. The highest BCUT2D eigenvalue weighted by Crippen LogP contribution is 2.29. The van der Waals surface area contributed by atoms with Crippen LogP contribution in [0.4, 0.5) is 0 Å². The van der Waals surface area contributed by atoms with Gasteiger partial charge >= 0.3 is 5.97 Å². The standard InChI is InChI=1S/C9H11IN2O2S/c1-5(2)7(9(13)14)15-8-6(10)3-11-4-12-8/h3-5,7H,1-2H3,(H,13,14).